The summed E-state index contributed by atoms with van der Waals surface area (Å²) in [6.07, 6.45) is 1.79. The summed E-state index contributed by atoms with van der Waals surface area (Å²) in [5.74, 6) is 0.785. The Balaban J connectivity index is 1.38. The van der Waals surface area contributed by atoms with Crippen LogP contribution in [-0.4, -0.2) is 22.3 Å². The van der Waals surface area contributed by atoms with Gasteiger partial charge in [0.1, 0.15) is 5.75 Å². The van der Waals surface area contributed by atoms with E-state index in [4.69, 9.17) is 16.3 Å². The van der Waals surface area contributed by atoms with E-state index in [1.165, 1.54) is 0 Å². The normalized spacial score (nSPS) is 10.8. The van der Waals surface area contributed by atoms with E-state index in [0.29, 0.717) is 27.6 Å². The van der Waals surface area contributed by atoms with Crippen LogP contribution < -0.4 is 10.1 Å². The van der Waals surface area contributed by atoms with Crippen LogP contribution in [0.3, 0.4) is 0 Å². The van der Waals surface area contributed by atoms with E-state index in [1.807, 2.05) is 66.7 Å². The molecule has 0 aliphatic heterocycles. The number of carbonyl (C=O) groups is 1. The van der Waals surface area contributed by atoms with E-state index in [0.717, 1.165) is 16.3 Å². The number of aromatic nitrogens is 2. The first-order chi connectivity index (χ1) is 14.1. The standard InChI is InChI=1S/C22H17BrClN3O2/c23-19-13-27(12-17-7-3-4-8-20(17)24)26-22(19)25-21(28)14-29-18-10-9-15-5-1-2-6-16(15)11-18/h1-11,13H,12,14H2,(H,25,26,28). The number of nitrogens with zero attached hydrogens (tertiary/aromatic N) is 2. The molecule has 0 saturated carbocycles. The third kappa shape index (κ3) is 4.78. The van der Waals surface area contributed by atoms with Crippen molar-refractivity contribution in [1.29, 1.82) is 0 Å². The molecule has 0 aliphatic carbocycles. The molecule has 4 rings (SSSR count). The van der Waals surface area contributed by atoms with E-state index >= 15 is 0 Å². The largest absolute Gasteiger partial charge is 0.484 e. The van der Waals surface area contributed by atoms with Gasteiger partial charge < -0.3 is 10.1 Å². The monoisotopic (exact) mass is 469 g/mol. The summed E-state index contributed by atoms with van der Waals surface area (Å²) < 4.78 is 8.02. The number of anilines is 1. The third-order valence-electron chi connectivity index (χ3n) is 4.36. The lowest BCUT2D eigenvalue weighted by Gasteiger charge is -2.07. The van der Waals surface area contributed by atoms with Crippen molar-refractivity contribution in [2.24, 2.45) is 0 Å². The Labute approximate surface area is 181 Å². The molecule has 1 amide bonds. The lowest BCUT2D eigenvalue weighted by Crippen LogP contribution is -2.20. The second-order valence-electron chi connectivity index (χ2n) is 6.46. The number of carbonyl (C=O) groups excluding carboxylic acids is 1. The minimum absolute atomic E-state index is 0.109. The van der Waals surface area contributed by atoms with E-state index in [-0.39, 0.29) is 12.5 Å². The SMILES string of the molecule is O=C(COc1ccc2ccccc2c1)Nc1nn(Cc2ccccc2Cl)cc1Br. The van der Waals surface area contributed by atoms with Crippen molar-refractivity contribution in [1.82, 2.24) is 9.78 Å². The molecule has 0 aliphatic rings. The highest BCUT2D eigenvalue weighted by molar-refractivity contribution is 9.10. The van der Waals surface area contributed by atoms with E-state index < -0.39 is 0 Å². The molecule has 4 aromatic rings. The summed E-state index contributed by atoms with van der Waals surface area (Å²) in [7, 11) is 0. The molecular formula is C22H17BrClN3O2. The van der Waals surface area contributed by atoms with Gasteiger partial charge in [0.05, 0.1) is 11.0 Å². The fourth-order valence-corrected chi connectivity index (χ4v) is 3.55. The van der Waals surface area contributed by atoms with Gasteiger partial charge in [-0.3, -0.25) is 9.48 Å². The van der Waals surface area contributed by atoms with E-state index in [1.54, 1.807) is 10.9 Å². The molecule has 0 spiro atoms. The minimum Gasteiger partial charge on any atom is -0.484 e. The van der Waals surface area contributed by atoms with Crippen molar-refractivity contribution in [2.45, 2.75) is 6.54 Å². The molecule has 0 unspecified atom stereocenters. The fraction of sp³-hybridized carbons (Fsp3) is 0.0909. The van der Waals surface area contributed by atoms with Crippen LogP contribution in [0.2, 0.25) is 5.02 Å². The second kappa shape index (κ2) is 8.68. The van der Waals surface area contributed by atoms with Crippen LogP contribution in [-0.2, 0) is 11.3 Å². The van der Waals surface area contributed by atoms with Crippen molar-refractivity contribution >= 4 is 50.0 Å². The average molecular weight is 471 g/mol. The predicted octanol–water partition coefficient (Wildman–Crippen LogP) is 5.52. The first kappa shape index (κ1) is 19.5. The molecule has 5 nitrogen and oxygen atoms in total. The summed E-state index contributed by atoms with van der Waals surface area (Å²) in [4.78, 5) is 12.3. The number of fused-ring (bicyclic) bond motifs is 1. The highest BCUT2D eigenvalue weighted by Gasteiger charge is 2.12. The third-order valence-corrected chi connectivity index (χ3v) is 5.30. The molecule has 0 atom stereocenters. The van der Waals surface area contributed by atoms with Gasteiger partial charge in [0, 0.05) is 11.2 Å². The molecule has 0 bridgehead atoms. The van der Waals surface area contributed by atoms with Gasteiger partial charge in [0.2, 0.25) is 0 Å². The number of ether oxygens (including phenoxy) is 1. The number of benzene rings is 3. The van der Waals surface area contributed by atoms with Gasteiger partial charge >= 0.3 is 0 Å². The Morgan fingerprint density at radius 1 is 1.07 bits per heavy atom. The molecule has 7 heteroatoms. The van der Waals surface area contributed by atoms with Crippen molar-refractivity contribution in [3.8, 4) is 5.75 Å². The first-order valence-electron chi connectivity index (χ1n) is 8.96. The number of rotatable bonds is 6. The molecule has 146 valence electrons. The van der Waals surface area contributed by atoms with Gasteiger partial charge in [0.15, 0.2) is 12.4 Å². The van der Waals surface area contributed by atoms with E-state index in [2.05, 4.69) is 26.3 Å². The molecule has 1 N–H and O–H groups in total. The molecule has 0 saturated heterocycles. The van der Waals surface area contributed by atoms with Crippen molar-refractivity contribution < 1.29 is 9.53 Å². The van der Waals surface area contributed by atoms with Gasteiger partial charge in [-0.15, -0.1) is 0 Å². The molecule has 1 aromatic heterocycles. The highest BCUT2D eigenvalue weighted by atomic mass is 79.9. The van der Waals surface area contributed by atoms with Gasteiger partial charge in [-0.1, -0.05) is 60.1 Å². The number of nitrogens with one attached hydrogen (secondary N) is 1. The zero-order chi connectivity index (χ0) is 20.2. The summed E-state index contributed by atoms with van der Waals surface area (Å²) in [5, 5.41) is 10.0. The van der Waals surface area contributed by atoms with Crippen LogP contribution >= 0.6 is 27.5 Å². The Bertz CT molecular complexity index is 1180. The lowest BCUT2D eigenvalue weighted by molar-refractivity contribution is -0.118. The second-order valence-corrected chi connectivity index (χ2v) is 7.72. The zero-order valence-corrected chi connectivity index (χ0v) is 17.7. The maximum Gasteiger partial charge on any atom is 0.263 e. The van der Waals surface area contributed by atoms with Crippen LogP contribution in [0, 0.1) is 0 Å². The Kier molecular flexibility index (Phi) is 5.83. The number of hydrogen-bond acceptors (Lipinski definition) is 3. The lowest BCUT2D eigenvalue weighted by atomic mass is 10.1. The fourth-order valence-electron chi connectivity index (χ4n) is 2.94. The van der Waals surface area contributed by atoms with Crippen molar-refractivity contribution in [3.63, 3.8) is 0 Å². The summed E-state index contributed by atoms with van der Waals surface area (Å²) in [6.45, 7) is 0.393. The topological polar surface area (TPSA) is 56.1 Å². The highest BCUT2D eigenvalue weighted by Crippen LogP contribution is 2.23. The predicted molar refractivity (Wildman–Crippen MR) is 119 cm³/mol. The number of halogens is 2. The van der Waals surface area contributed by atoms with Gasteiger partial charge in [0.25, 0.3) is 5.91 Å². The molecule has 0 fully saturated rings. The Hall–Kier alpha value is -2.83. The molecular weight excluding hydrogens is 454 g/mol. The van der Waals surface area contributed by atoms with Gasteiger partial charge in [-0.2, -0.15) is 5.10 Å². The molecule has 29 heavy (non-hydrogen) atoms. The molecule has 0 radical (unpaired) electrons. The van der Waals surface area contributed by atoms with E-state index in [9.17, 15) is 4.79 Å². The smallest absolute Gasteiger partial charge is 0.263 e. The average Bonchev–Trinajstić information content (AvgIpc) is 3.06. The number of hydrogen-bond donors (Lipinski definition) is 1. The first-order valence-corrected chi connectivity index (χ1v) is 10.1. The summed E-state index contributed by atoms with van der Waals surface area (Å²) in [5.41, 5.74) is 0.946. The maximum absolute atomic E-state index is 12.3. The maximum atomic E-state index is 12.3. The Morgan fingerprint density at radius 3 is 2.66 bits per heavy atom. The van der Waals surface area contributed by atoms with Crippen LogP contribution in [0.1, 0.15) is 5.56 Å². The number of amides is 1. The molecule has 3 aromatic carbocycles. The Morgan fingerprint density at radius 2 is 1.83 bits per heavy atom. The van der Waals surface area contributed by atoms with Crippen LogP contribution in [0.4, 0.5) is 5.82 Å². The van der Waals surface area contributed by atoms with Crippen LogP contribution in [0.25, 0.3) is 10.8 Å². The van der Waals surface area contributed by atoms with Gasteiger partial charge in [-0.25, -0.2) is 0 Å². The quantitative estimate of drug-likeness (QED) is 0.404. The summed E-state index contributed by atoms with van der Waals surface area (Å²) in [6, 6.07) is 21.3. The van der Waals surface area contributed by atoms with Crippen molar-refractivity contribution in [2.75, 3.05) is 11.9 Å². The molecule has 1 heterocycles. The minimum atomic E-state index is -0.290. The van der Waals surface area contributed by atoms with Gasteiger partial charge in [-0.05, 0) is 50.5 Å². The zero-order valence-electron chi connectivity index (χ0n) is 15.3. The van der Waals surface area contributed by atoms with Crippen LogP contribution in [0.5, 0.6) is 5.75 Å². The summed E-state index contributed by atoms with van der Waals surface area (Å²) >= 11 is 9.63. The van der Waals surface area contributed by atoms with Crippen molar-refractivity contribution in [3.05, 3.63) is 88.0 Å². The van der Waals surface area contributed by atoms with Crippen LogP contribution in [0.15, 0.2) is 77.4 Å².